The second kappa shape index (κ2) is 5.51. The van der Waals surface area contributed by atoms with E-state index in [1.165, 1.54) is 0 Å². The summed E-state index contributed by atoms with van der Waals surface area (Å²) < 4.78 is 6.26. The van der Waals surface area contributed by atoms with Crippen molar-refractivity contribution in [1.29, 1.82) is 0 Å². The quantitative estimate of drug-likeness (QED) is 0.480. The van der Waals surface area contributed by atoms with Crippen LogP contribution in [0.5, 0.6) is 5.75 Å². The van der Waals surface area contributed by atoms with Gasteiger partial charge in [-0.2, -0.15) is 0 Å². The zero-order chi connectivity index (χ0) is 16.0. The van der Waals surface area contributed by atoms with Crippen LogP contribution in [0.1, 0.15) is 0 Å². The van der Waals surface area contributed by atoms with Crippen LogP contribution in [-0.2, 0) is 0 Å². The van der Waals surface area contributed by atoms with Crippen molar-refractivity contribution in [3.63, 3.8) is 0 Å². The van der Waals surface area contributed by atoms with E-state index < -0.39 is 0 Å². The molecular weight excluding hydrogens is 378 g/mol. The minimum atomic E-state index is 0.417. The summed E-state index contributed by atoms with van der Waals surface area (Å²) in [5, 5.41) is 1.37. The number of pyridine rings is 1. The van der Waals surface area contributed by atoms with Gasteiger partial charge in [-0.3, -0.25) is 0 Å². The van der Waals surface area contributed by atoms with Crippen molar-refractivity contribution < 1.29 is 4.74 Å². The zero-order valence-corrected chi connectivity index (χ0v) is 14.4. The molecule has 0 bridgehead atoms. The molecule has 2 aromatic carbocycles. The van der Waals surface area contributed by atoms with Crippen LogP contribution in [0.4, 0.5) is 0 Å². The molecule has 0 unspecified atom stereocenters. The first-order chi connectivity index (χ1) is 11.1. The van der Waals surface area contributed by atoms with Crippen LogP contribution in [-0.4, -0.2) is 22.1 Å². The molecule has 6 heteroatoms. The molecule has 2 heterocycles. The average Bonchev–Trinajstić information content (AvgIpc) is 2.96. The Morgan fingerprint density at radius 3 is 2.70 bits per heavy atom. The highest BCUT2D eigenvalue weighted by Gasteiger charge is 2.12. The van der Waals surface area contributed by atoms with Gasteiger partial charge in [-0.05, 0) is 42.5 Å². The lowest BCUT2D eigenvalue weighted by Crippen LogP contribution is -1.89. The maximum atomic E-state index is 6.36. The predicted molar refractivity (Wildman–Crippen MR) is 96.1 cm³/mol. The van der Waals surface area contributed by atoms with Gasteiger partial charge in [0.1, 0.15) is 16.7 Å². The molecule has 1 N–H and O–H groups in total. The number of fused-ring (bicyclic) bond motifs is 2. The van der Waals surface area contributed by atoms with Gasteiger partial charge in [0.2, 0.25) is 0 Å². The molecule has 0 saturated heterocycles. The fourth-order valence-corrected chi connectivity index (χ4v) is 3.13. The molecule has 4 nitrogen and oxygen atoms in total. The van der Waals surface area contributed by atoms with E-state index in [1.807, 2.05) is 42.5 Å². The van der Waals surface area contributed by atoms with Crippen LogP contribution in [0.25, 0.3) is 33.3 Å². The monoisotopic (exact) mass is 387 g/mol. The molecule has 4 aromatic rings. The Kier molecular flexibility index (Phi) is 3.47. The molecule has 2 aromatic heterocycles. The number of ether oxygens (including phenoxy) is 1. The molecule has 0 aliphatic rings. The molecular formula is C17H11BrClN3O. The molecule has 0 aliphatic heterocycles. The van der Waals surface area contributed by atoms with E-state index in [4.69, 9.17) is 16.3 Å². The van der Waals surface area contributed by atoms with E-state index in [0.29, 0.717) is 11.0 Å². The highest BCUT2D eigenvalue weighted by atomic mass is 79.9. The SMILES string of the molecule is COc1ccc2nc(Cl)c(-c3nc4ccc(Br)cc4[nH]3)cc2c1. The average molecular weight is 389 g/mol. The number of H-pyrrole nitrogens is 1. The summed E-state index contributed by atoms with van der Waals surface area (Å²) in [6, 6.07) is 13.5. The summed E-state index contributed by atoms with van der Waals surface area (Å²) >= 11 is 9.82. The number of methoxy groups -OCH3 is 1. The fraction of sp³-hybridized carbons (Fsp3) is 0.0588. The standard InChI is InChI=1S/C17H11BrClN3O/c1-23-11-3-5-13-9(6-11)7-12(16(19)20-13)17-21-14-4-2-10(18)8-15(14)22-17/h2-8H,1H3,(H,21,22). The number of aromatic nitrogens is 3. The number of benzene rings is 2. The third-order valence-electron chi connectivity index (χ3n) is 3.67. The van der Waals surface area contributed by atoms with Crippen molar-refractivity contribution in [3.8, 4) is 17.1 Å². The Morgan fingerprint density at radius 1 is 1.04 bits per heavy atom. The van der Waals surface area contributed by atoms with Gasteiger partial charge >= 0.3 is 0 Å². The van der Waals surface area contributed by atoms with Crippen molar-refractivity contribution in [2.75, 3.05) is 7.11 Å². The number of aromatic amines is 1. The zero-order valence-electron chi connectivity index (χ0n) is 12.1. The van der Waals surface area contributed by atoms with Crippen LogP contribution < -0.4 is 4.74 Å². The van der Waals surface area contributed by atoms with Gasteiger partial charge < -0.3 is 9.72 Å². The van der Waals surface area contributed by atoms with E-state index in [9.17, 15) is 0 Å². The number of nitrogens with one attached hydrogen (secondary N) is 1. The molecule has 4 rings (SSSR count). The number of halogens is 2. The number of nitrogens with zero attached hydrogens (tertiary/aromatic N) is 2. The minimum Gasteiger partial charge on any atom is -0.497 e. The molecule has 0 saturated carbocycles. The Morgan fingerprint density at radius 2 is 1.87 bits per heavy atom. The van der Waals surface area contributed by atoms with Crippen molar-refractivity contribution in [1.82, 2.24) is 15.0 Å². The molecule has 0 aliphatic carbocycles. The molecule has 0 fully saturated rings. The second-order valence-electron chi connectivity index (χ2n) is 5.13. The van der Waals surface area contributed by atoms with E-state index >= 15 is 0 Å². The van der Waals surface area contributed by atoms with Crippen molar-refractivity contribution in [2.45, 2.75) is 0 Å². The summed E-state index contributed by atoms with van der Waals surface area (Å²) in [6.45, 7) is 0. The highest BCUT2D eigenvalue weighted by Crippen LogP contribution is 2.31. The summed E-state index contributed by atoms with van der Waals surface area (Å²) in [7, 11) is 1.64. The fourth-order valence-electron chi connectivity index (χ4n) is 2.53. The molecule has 114 valence electrons. The first-order valence-corrected chi connectivity index (χ1v) is 8.11. The van der Waals surface area contributed by atoms with E-state index in [2.05, 4.69) is 30.9 Å². The third-order valence-corrected chi connectivity index (χ3v) is 4.46. The van der Waals surface area contributed by atoms with Crippen LogP contribution in [0.3, 0.4) is 0 Å². The molecule has 0 atom stereocenters. The van der Waals surface area contributed by atoms with Crippen LogP contribution in [0, 0.1) is 0 Å². The first-order valence-electron chi connectivity index (χ1n) is 6.94. The highest BCUT2D eigenvalue weighted by molar-refractivity contribution is 9.10. The van der Waals surface area contributed by atoms with Crippen molar-refractivity contribution in [2.24, 2.45) is 0 Å². The van der Waals surface area contributed by atoms with Gasteiger partial charge in [-0.15, -0.1) is 0 Å². The summed E-state index contributed by atoms with van der Waals surface area (Å²) in [6.07, 6.45) is 0. The predicted octanol–water partition coefficient (Wildman–Crippen LogP) is 5.20. The van der Waals surface area contributed by atoms with Gasteiger partial charge in [0.15, 0.2) is 0 Å². The molecule has 0 amide bonds. The normalized spacial score (nSPS) is 11.3. The Balaban J connectivity index is 1.93. The Labute approximate surface area is 145 Å². The maximum absolute atomic E-state index is 6.36. The number of rotatable bonds is 2. The van der Waals surface area contributed by atoms with E-state index in [0.717, 1.165) is 37.7 Å². The smallest absolute Gasteiger partial charge is 0.141 e. The van der Waals surface area contributed by atoms with Crippen LogP contribution >= 0.6 is 27.5 Å². The summed E-state index contributed by atoms with van der Waals surface area (Å²) in [5.41, 5.74) is 3.40. The molecule has 0 spiro atoms. The largest absolute Gasteiger partial charge is 0.497 e. The van der Waals surface area contributed by atoms with Crippen molar-refractivity contribution in [3.05, 3.63) is 52.1 Å². The van der Waals surface area contributed by atoms with Gasteiger partial charge in [0, 0.05) is 9.86 Å². The number of imidazole rings is 1. The number of hydrogen-bond acceptors (Lipinski definition) is 3. The molecule has 0 radical (unpaired) electrons. The Hall–Kier alpha value is -2.11. The maximum Gasteiger partial charge on any atom is 0.141 e. The summed E-state index contributed by atoms with van der Waals surface area (Å²) in [4.78, 5) is 12.3. The summed E-state index contributed by atoms with van der Waals surface area (Å²) in [5.74, 6) is 1.47. The second-order valence-corrected chi connectivity index (χ2v) is 6.41. The minimum absolute atomic E-state index is 0.417. The van der Waals surface area contributed by atoms with Gasteiger partial charge in [0.25, 0.3) is 0 Å². The number of hydrogen-bond donors (Lipinski definition) is 1. The van der Waals surface area contributed by atoms with Crippen molar-refractivity contribution >= 4 is 49.5 Å². The first kappa shape index (κ1) is 14.5. The lowest BCUT2D eigenvalue weighted by molar-refractivity contribution is 0.415. The lowest BCUT2D eigenvalue weighted by Gasteiger charge is -2.05. The van der Waals surface area contributed by atoms with E-state index in [1.54, 1.807) is 7.11 Å². The lowest BCUT2D eigenvalue weighted by atomic mass is 10.1. The third kappa shape index (κ3) is 2.56. The van der Waals surface area contributed by atoms with Gasteiger partial charge in [-0.1, -0.05) is 27.5 Å². The van der Waals surface area contributed by atoms with Crippen LogP contribution in [0.2, 0.25) is 5.15 Å². The van der Waals surface area contributed by atoms with Gasteiger partial charge in [-0.25, -0.2) is 9.97 Å². The van der Waals surface area contributed by atoms with Crippen LogP contribution in [0.15, 0.2) is 46.9 Å². The van der Waals surface area contributed by atoms with Gasteiger partial charge in [0.05, 0.1) is 29.2 Å². The topological polar surface area (TPSA) is 50.8 Å². The van der Waals surface area contributed by atoms with E-state index in [-0.39, 0.29) is 0 Å². The molecule has 23 heavy (non-hydrogen) atoms. The Bertz CT molecular complexity index is 1040.